The van der Waals surface area contributed by atoms with Crippen LogP contribution in [-0.4, -0.2) is 48.3 Å². The normalized spacial score (nSPS) is 17.2. The van der Waals surface area contributed by atoms with Crippen LogP contribution in [0.15, 0.2) is 52.2 Å². The lowest BCUT2D eigenvalue weighted by atomic mass is 10.1. The molecule has 0 bridgehead atoms. The molecule has 3 heterocycles. The number of nitrogens with one attached hydrogen (secondary N) is 2. The molecule has 1 aliphatic rings. The molecule has 1 aliphatic heterocycles. The van der Waals surface area contributed by atoms with Gasteiger partial charge < -0.3 is 25.1 Å². The number of aliphatic imine (C=N–C) groups is 1. The van der Waals surface area contributed by atoms with E-state index in [0.29, 0.717) is 11.8 Å². The van der Waals surface area contributed by atoms with Crippen molar-refractivity contribution in [2.75, 3.05) is 31.1 Å². The molecular weight excluding hydrogens is 330 g/mol. The van der Waals surface area contributed by atoms with Crippen LogP contribution in [0.5, 0.6) is 0 Å². The van der Waals surface area contributed by atoms with E-state index >= 15 is 0 Å². The van der Waals surface area contributed by atoms with E-state index in [1.165, 1.54) is 0 Å². The molecule has 140 valence electrons. The first-order chi connectivity index (χ1) is 12.8. The second kappa shape index (κ2) is 9.24. The largest absolute Gasteiger partial charge is 0.467 e. The van der Waals surface area contributed by atoms with E-state index in [-0.39, 0.29) is 6.54 Å². The fraction of sp³-hybridized carbons (Fsp3) is 0.474. The van der Waals surface area contributed by atoms with Gasteiger partial charge >= 0.3 is 0 Å². The Labute approximate surface area is 154 Å². The topological polar surface area (TPSA) is 85.9 Å². The third-order valence-electron chi connectivity index (χ3n) is 4.45. The molecule has 0 aliphatic carbocycles. The van der Waals surface area contributed by atoms with E-state index < -0.39 is 6.10 Å². The summed E-state index contributed by atoms with van der Waals surface area (Å²) in [4.78, 5) is 11.2. The van der Waals surface area contributed by atoms with Crippen LogP contribution in [0.1, 0.15) is 31.6 Å². The van der Waals surface area contributed by atoms with Crippen molar-refractivity contribution in [3.05, 3.63) is 48.6 Å². The SMILES string of the molecule is CCNC(=NCC(O)c1ccco1)NC1CCN(c2ccccn2)CC1. The summed E-state index contributed by atoms with van der Waals surface area (Å²) in [5.74, 6) is 2.30. The lowest BCUT2D eigenvalue weighted by molar-refractivity contribution is 0.158. The molecule has 7 heteroatoms. The fourth-order valence-electron chi connectivity index (χ4n) is 3.06. The molecule has 1 atom stereocenters. The summed E-state index contributed by atoms with van der Waals surface area (Å²) in [6, 6.07) is 9.89. The molecule has 0 radical (unpaired) electrons. The Balaban J connectivity index is 1.51. The Hall–Kier alpha value is -2.54. The van der Waals surface area contributed by atoms with E-state index in [2.05, 4.69) is 31.6 Å². The lowest BCUT2D eigenvalue weighted by Crippen LogP contribution is -2.49. The van der Waals surface area contributed by atoms with Gasteiger partial charge in [0.15, 0.2) is 5.96 Å². The minimum atomic E-state index is -0.730. The number of rotatable bonds is 6. The van der Waals surface area contributed by atoms with Crippen LogP contribution in [0.25, 0.3) is 0 Å². The number of guanidine groups is 1. The van der Waals surface area contributed by atoms with Gasteiger partial charge in [-0.25, -0.2) is 4.98 Å². The van der Waals surface area contributed by atoms with Crippen LogP contribution in [-0.2, 0) is 0 Å². The van der Waals surface area contributed by atoms with Crippen molar-refractivity contribution in [1.82, 2.24) is 15.6 Å². The van der Waals surface area contributed by atoms with Gasteiger partial charge in [0, 0.05) is 31.9 Å². The Kier molecular flexibility index (Phi) is 6.49. The summed E-state index contributed by atoms with van der Waals surface area (Å²) >= 11 is 0. The fourth-order valence-corrected chi connectivity index (χ4v) is 3.06. The third kappa shape index (κ3) is 4.98. The minimum Gasteiger partial charge on any atom is -0.467 e. The van der Waals surface area contributed by atoms with Gasteiger partial charge in [0.2, 0.25) is 0 Å². The molecule has 2 aromatic heterocycles. The third-order valence-corrected chi connectivity index (χ3v) is 4.45. The van der Waals surface area contributed by atoms with Crippen LogP contribution in [0, 0.1) is 0 Å². The second-order valence-corrected chi connectivity index (χ2v) is 6.34. The second-order valence-electron chi connectivity index (χ2n) is 6.34. The number of piperidine rings is 1. The average molecular weight is 357 g/mol. The number of aliphatic hydroxyl groups excluding tert-OH is 1. The molecule has 3 rings (SSSR count). The van der Waals surface area contributed by atoms with Crippen molar-refractivity contribution in [3.63, 3.8) is 0 Å². The van der Waals surface area contributed by atoms with E-state index in [1.54, 1.807) is 18.4 Å². The highest BCUT2D eigenvalue weighted by atomic mass is 16.4. The van der Waals surface area contributed by atoms with Crippen molar-refractivity contribution < 1.29 is 9.52 Å². The maximum atomic E-state index is 10.1. The summed E-state index contributed by atoms with van der Waals surface area (Å²) in [6.07, 6.45) is 4.69. The minimum absolute atomic E-state index is 0.260. The molecular formula is C19H27N5O2. The number of aliphatic hydroxyl groups is 1. The summed E-state index contributed by atoms with van der Waals surface area (Å²) < 4.78 is 5.22. The molecule has 0 amide bonds. The molecule has 0 saturated carbocycles. The van der Waals surface area contributed by atoms with Gasteiger partial charge in [0.25, 0.3) is 0 Å². The van der Waals surface area contributed by atoms with Crippen molar-refractivity contribution >= 4 is 11.8 Å². The van der Waals surface area contributed by atoms with Gasteiger partial charge in [-0.05, 0) is 44.0 Å². The van der Waals surface area contributed by atoms with Gasteiger partial charge in [-0.2, -0.15) is 0 Å². The molecule has 7 nitrogen and oxygen atoms in total. The molecule has 0 aromatic carbocycles. The number of nitrogens with zero attached hydrogens (tertiary/aromatic N) is 3. The Morgan fingerprint density at radius 2 is 2.19 bits per heavy atom. The Morgan fingerprint density at radius 3 is 2.85 bits per heavy atom. The summed E-state index contributed by atoms with van der Waals surface area (Å²) in [6.45, 7) is 4.99. The van der Waals surface area contributed by atoms with Crippen LogP contribution >= 0.6 is 0 Å². The molecule has 1 fully saturated rings. The van der Waals surface area contributed by atoms with Gasteiger partial charge in [0.1, 0.15) is 17.7 Å². The van der Waals surface area contributed by atoms with Gasteiger partial charge in [-0.15, -0.1) is 0 Å². The predicted molar refractivity (Wildman–Crippen MR) is 102 cm³/mol. The highest BCUT2D eigenvalue weighted by molar-refractivity contribution is 5.80. The summed E-state index contributed by atoms with van der Waals surface area (Å²) in [7, 11) is 0. The molecule has 0 spiro atoms. The van der Waals surface area contributed by atoms with Gasteiger partial charge in [-0.1, -0.05) is 6.07 Å². The smallest absolute Gasteiger partial charge is 0.191 e. The highest BCUT2D eigenvalue weighted by Gasteiger charge is 2.21. The zero-order valence-corrected chi connectivity index (χ0v) is 15.1. The lowest BCUT2D eigenvalue weighted by Gasteiger charge is -2.33. The Bertz CT molecular complexity index is 667. The van der Waals surface area contributed by atoms with E-state index in [0.717, 1.165) is 44.3 Å². The number of hydrogen-bond acceptors (Lipinski definition) is 5. The van der Waals surface area contributed by atoms with Crippen LogP contribution in [0.3, 0.4) is 0 Å². The Morgan fingerprint density at radius 1 is 1.35 bits per heavy atom. The van der Waals surface area contributed by atoms with E-state index in [9.17, 15) is 5.11 Å². The standard InChI is InChI=1S/C19H27N5O2/c1-2-20-19(22-14-16(25)17-6-5-13-26-17)23-15-8-11-24(12-9-15)18-7-3-4-10-21-18/h3-7,10,13,15-16,25H,2,8-9,11-12,14H2,1H3,(H2,20,22,23). The number of hydrogen-bond donors (Lipinski definition) is 3. The maximum absolute atomic E-state index is 10.1. The van der Waals surface area contributed by atoms with Crippen molar-refractivity contribution in [1.29, 1.82) is 0 Å². The molecule has 2 aromatic rings. The number of furan rings is 1. The van der Waals surface area contributed by atoms with Crippen LogP contribution in [0.2, 0.25) is 0 Å². The van der Waals surface area contributed by atoms with Gasteiger partial charge in [-0.3, -0.25) is 4.99 Å². The first kappa shape index (κ1) is 18.3. The van der Waals surface area contributed by atoms with Gasteiger partial charge in [0.05, 0.1) is 12.8 Å². The first-order valence-electron chi connectivity index (χ1n) is 9.18. The molecule has 1 saturated heterocycles. The molecule has 3 N–H and O–H groups in total. The molecule has 1 unspecified atom stereocenters. The summed E-state index contributed by atoms with van der Waals surface area (Å²) in [5, 5.41) is 16.8. The number of anilines is 1. The molecule has 26 heavy (non-hydrogen) atoms. The zero-order chi connectivity index (χ0) is 18.2. The highest BCUT2D eigenvalue weighted by Crippen LogP contribution is 2.17. The van der Waals surface area contributed by atoms with Crippen molar-refractivity contribution in [3.8, 4) is 0 Å². The zero-order valence-electron chi connectivity index (χ0n) is 15.1. The number of aromatic nitrogens is 1. The van der Waals surface area contributed by atoms with E-state index in [1.807, 2.05) is 25.3 Å². The number of pyridine rings is 1. The van der Waals surface area contributed by atoms with E-state index in [4.69, 9.17) is 4.42 Å². The monoisotopic (exact) mass is 357 g/mol. The quantitative estimate of drug-likeness (QED) is 0.541. The van der Waals surface area contributed by atoms with Crippen LogP contribution < -0.4 is 15.5 Å². The van der Waals surface area contributed by atoms with Crippen molar-refractivity contribution in [2.24, 2.45) is 4.99 Å². The summed E-state index contributed by atoms with van der Waals surface area (Å²) in [5.41, 5.74) is 0. The predicted octanol–water partition coefficient (Wildman–Crippen LogP) is 1.93. The first-order valence-corrected chi connectivity index (χ1v) is 9.18. The average Bonchev–Trinajstić information content (AvgIpc) is 3.22. The maximum Gasteiger partial charge on any atom is 0.191 e. The van der Waals surface area contributed by atoms with Crippen molar-refractivity contribution in [2.45, 2.75) is 31.9 Å². The van der Waals surface area contributed by atoms with Crippen LogP contribution in [0.4, 0.5) is 5.82 Å².